The molecule has 1 N–H and O–H groups in total. The van der Waals surface area contributed by atoms with Crippen molar-refractivity contribution < 1.29 is 14.3 Å². The van der Waals surface area contributed by atoms with E-state index in [4.69, 9.17) is 9.47 Å². The third-order valence-electron chi connectivity index (χ3n) is 4.41. The number of anilines is 1. The number of para-hydroxylation sites is 1. The molecule has 5 nitrogen and oxygen atoms in total. The van der Waals surface area contributed by atoms with E-state index < -0.39 is 0 Å². The van der Waals surface area contributed by atoms with Crippen LogP contribution < -0.4 is 14.4 Å². The van der Waals surface area contributed by atoms with Crippen molar-refractivity contribution >= 4 is 22.5 Å². The van der Waals surface area contributed by atoms with Crippen LogP contribution in [0.1, 0.15) is 12.0 Å². The molecule has 2 aromatic carbocycles. The molecule has 3 rings (SSSR count). The van der Waals surface area contributed by atoms with Gasteiger partial charge < -0.3 is 19.4 Å². The molecule has 0 saturated heterocycles. The van der Waals surface area contributed by atoms with Gasteiger partial charge in [0.25, 0.3) is 0 Å². The number of aromatic amines is 1. The van der Waals surface area contributed by atoms with Gasteiger partial charge in [-0.2, -0.15) is 0 Å². The summed E-state index contributed by atoms with van der Waals surface area (Å²) in [7, 11) is 4.95. The maximum atomic E-state index is 12.6. The first-order valence-corrected chi connectivity index (χ1v) is 8.17. The second kappa shape index (κ2) is 7.30. The van der Waals surface area contributed by atoms with Crippen LogP contribution in [0.4, 0.5) is 5.69 Å². The Kier molecular flexibility index (Phi) is 4.93. The van der Waals surface area contributed by atoms with E-state index in [0.717, 1.165) is 16.8 Å². The molecule has 0 spiro atoms. The largest absolute Gasteiger partial charge is 0.493 e. The molecule has 0 saturated carbocycles. The fourth-order valence-electron chi connectivity index (χ4n) is 2.93. The summed E-state index contributed by atoms with van der Waals surface area (Å²) >= 11 is 0. The summed E-state index contributed by atoms with van der Waals surface area (Å²) in [4.78, 5) is 17.5. The number of H-pyrrole nitrogens is 1. The highest BCUT2D eigenvalue weighted by molar-refractivity contribution is 5.93. The predicted molar refractivity (Wildman–Crippen MR) is 99.6 cm³/mol. The molecule has 0 fully saturated rings. The molecule has 0 atom stereocenters. The van der Waals surface area contributed by atoms with Crippen molar-refractivity contribution in [2.45, 2.75) is 12.8 Å². The molecular formula is C20H22N2O3. The number of methoxy groups -OCH3 is 2. The van der Waals surface area contributed by atoms with Gasteiger partial charge >= 0.3 is 0 Å². The summed E-state index contributed by atoms with van der Waals surface area (Å²) in [5.41, 5.74) is 3.03. The van der Waals surface area contributed by atoms with Crippen LogP contribution in [0.5, 0.6) is 11.5 Å². The van der Waals surface area contributed by atoms with Gasteiger partial charge in [0.1, 0.15) is 0 Å². The van der Waals surface area contributed by atoms with Crippen molar-refractivity contribution in [2.24, 2.45) is 0 Å². The van der Waals surface area contributed by atoms with Gasteiger partial charge in [-0.3, -0.25) is 4.79 Å². The lowest BCUT2D eigenvalue weighted by molar-refractivity contribution is -0.118. The van der Waals surface area contributed by atoms with Gasteiger partial charge in [0, 0.05) is 42.3 Å². The first-order valence-electron chi connectivity index (χ1n) is 8.17. The molecule has 25 heavy (non-hydrogen) atoms. The second-order valence-electron chi connectivity index (χ2n) is 5.85. The second-order valence-corrected chi connectivity index (χ2v) is 5.85. The van der Waals surface area contributed by atoms with Gasteiger partial charge in [-0.25, -0.2) is 0 Å². The van der Waals surface area contributed by atoms with Gasteiger partial charge in [-0.1, -0.05) is 18.2 Å². The number of benzene rings is 2. The van der Waals surface area contributed by atoms with E-state index in [0.29, 0.717) is 24.3 Å². The monoisotopic (exact) mass is 338 g/mol. The number of ether oxygens (including phenoxy) is 2. The van der Waals surface area contributed by atoms with Crippen LogP contribution in [0.2, 0.25) is 0 Å². The van der Waals surface area contributed by atoms with E-state index in [1.807, 2.05) is 36.5 Å². The summed E-state index contributed by atoms with van der Waals surface area (Å²) < 4.78 is 10.5. The van der Waals surface area contributed by atoms with Crippen molar-refractivity contribution in [1.29, 1.82) is 0 Å². The van der Waals surface area contributed by atoms with E-state index in [1.54, 1.807) is 32.2 Å². The topological polar surface area (TPSA) is 54.6 Å². The van der Waals surface area contributed by atoms with Crippen molar-refractivity contribution in [2.75, 3.05) is 26.2 Å². The lowest BCUT2D eigenvalue weighted by Gasteiger charge is -2.19. The maximum absolute atomic E-state index is 12.6. The fourth-order valence-corrected chi connectivity index (χ4v) is 2.93. The normalized spacial score (nSPS) is 10.7. The van der Waals surface area contributed by atoms with Gasteiger partial charge in [-0.15, -0.1) is 0 Å². The summed E-state index contributed by atoms with van der Waals surface area (Å²) in [5.74, 6) is 1.31. The molecule has 0 bridgehead atoms. The number of amides is 1. The summed E-state index contributed by atoms with van der Waals surface area (Å²) in [6, 6.07) is 13.6. The molecule has 0 radical (unpaired) electrons. The highest BCUT2D eigenvalue weighted by Crippen LogP contribution is 2.31. The Labute approximate surface area is 147 Å². The number of rotatable bonds is 6. The average Bonchev–Trinajstić information content (AvgIpc) is 3.08. The Hall–Kier alpha value is -2.95. The highest BCUT2D eigenvalue weighted by Gasteiger charge is 2.14. The van der Waals surface area contributed by atoms with Crippen molar-refractivity contribution in [3.8, 4) is 11.5 Å². The smallest absolute Gasteiger partial charge is 0.227 e. The van der Waals surface area contributed by atoms with Crippen LogP contribution in [0.25, 0.3) is 10.9 Å². The number of hydrogen-bond acceptors (Lipinski definition) is 3. The number of nitrogens with zero attached hydrogens (tertiary/aromatic N) is 1. The van der Waals surface area contributed by atoms with Gasteiger partial charge in [0.2, 0.25) is 5.91 Å². The van der Waals surface area contributed by atoms with Gasteiger partial charge in [-0.05, 0) is 30.2 Å². The molecule has 5 heteroatoms. The van der Waals surface area contributed by atoms with E-state index >= 15 is 0 Å². The lowest BCUT2D eigenvalue weighted by atomic mass is 10.1. The van der Waals surface area contributed by atoms with Crippen LogP contribution in [0.15, 0.2) is 48.7 Å². The minimum absolute atomic E-state index is 0.0532. The first kappa shape index (κ1) is 16.9. The van der Waals surface area contributed by atoms with E-state index in [2.05, 4.69) is 11.1 Å². The Balaban J connectivity index is 1.70. The van der Waals surface area contributed by atoms with Crippen LogP contribution >= 0.6 is 0 Å². The number of hydrogen-bond donors (Lipinski definition) is 1. The summed E-state index contributed by atoms with van der Waals surface area (Å²) in [5, 5.41) is 1.17. The molecule has 130 valence electrons. The number of fused-ring (bicyclic) bond motifs is 1. The van der Waals surface area contributed by atoms with Crippen LogP contribution in [-0.4, -0.2) is 32.2 Å². The molecular weight excluding hydrogens is 316 g/mol. The number of aromatic nitrogens is 1. The molecule has 0 unspecified atom stereocenters. The van der Waals surface area contributed by atoms with Crippen molar-refractivity contribution in [1.82, 2.24) is 4.98 Å². The maximum Gasteiger partial charge on any atom is 0.227 e. The number of aryl methyl sites for hydroxylation is 1. The minimum atomic E-state index is 0.0532. The number of nitrogens with one attached hydrogen (secondary N) is 1. The zero-order valence-corrected chi connectivity index (χ0v) is 14.7. The summed E-state index contributed by atoms with van der Waals surface area (Å²) in [6.07, 6.45) is 3.11. The standard InChI is InChI=1S/C20H22N2O3/c1-22(15-9-10-18(24-2)19(12-15)25-3)20(23)11-8-14-13-21-17-7-5-4-6-16(14)17/h4-7,9-10,12-13,21H,8,11H2,1-3H3. The molecule has 0 aliphatic rings. The van der Waals surface area contributed by atoms with E-state index in [-0.39, 0.29) is 5.91 Å². The Bertz CT molecular complexity index is 886. The first-order chi connectivity index (χ1) is 12.1. The van der Waals surface area contributed by atoms with Crippen LogP contribution in [-0.2, 0) is 11.2 Å². The van der Waals surface area contributed by atoms with Gasteiger partial charge in [0.05, 0.1) is 14.2 Å². The Morgan fingerprint density at radius 3 is 2.60 bits per heavy atom. The minimum Gasteiger partial charge on any atom is -0.493 e. The fraction of sp³-hybridized carbons (Fsp3) is 0.250. The third-order valence-corrected chi connectivity index (χ3v) is 4.41. The molecule has 1 aromatic heterocycles. The third kappa shape index (κ3) is 3.45. The SMILES string of the molecule is COc1ccc(N(C)C(=O)CCc2c[nH]c3ccccc23)cc1OC. The van der Waals surface area contributed by atoms with Crippen LogP contribution in [0, 0.1) is 0 Å². The van der Waals surface area contributed by atoms with Gasteiger partial charge in [0.15, 0.2) is 11.5 Å². The Morgan fingerprint density at radius 2 is 1.84 bits per heavy atom. The molecule has 1 heterocycles. The lowest BCUT2D eigenvalue weighted by Crippen LogP contribution is -2.26. The van der Waals surface area contributed by atoms with E-state index in [1.165, 1.54) is 5.39 Å². The van der Waals surface area contributed by atoms with E-state index in [9.17, 15) is 4.79 Å². The van der Waals surface area contributed by atoms with Crippen molar-refractivity contribution in [3.05, 3.63) is 54.2 Å². The zero-order chi connectivity index (χ0) is 17.8. The Morgan fingerprint density at radius 1 is 1.08 bits per heavy atom. The number of carbonyl (C=O) groups excluding carboxylic acids is 1. The average molecular weight is 338 g/mol. The van der Waals surface area contributed by atoms with Crippen LogP contribution in [0.3, 0.4) is 0 Å². The predicted octanol–water partition coefficient (Wildman–Crippen LogP) is 3.78. The molecule has 0 aliphatic heterocycles. The molecule has 1 amide bonds. The highest BCUT2D eigenvalue weighted by atomic mass is 16.5. The quantitative estimate of drug-likeness (QED) is 0.744. The summed E-state index contributed by atoms with van der Waals surface area (Å²) in [6.45, 7) is 0. The number of carbonyl (C=O) groups is 1. The molecule has 3 aromatic rings. The zero-order valence-electron chi connectivity index (χ0n) is 14.7. The molecule has 0 aliphatic carbocycles. The van der Waals surface area contributed by atoms with Crippen molar-refractivity contribution in [3.63, 3.8) is 0 Å².